The number of carbonyl (C=O) groups excluding carboxylic acids is 2. The summed E-state index contributed by atoms with van der Waals surface area (Å²) in [6.07, 6.45) is 0.0154. The van der Waals surface area contributed by atoms with Crippen molar-refractivity contribution in [2.24, 2.45) is 0 Å². The molecule has 2 aromatic carbocycles. The largest absolute Gasteiger partial charge is 0.371 e. The molecule has 4 nitrogen and oxygen atoms in total. The fourth-order valence-corrected chi connectivity index (χ4v) is 2.58. The summed E-state index contributed by atoms with van der Waals surface area (Å²) in [4.78, 5) is 25.9. The number of para-hydroxylation sites is 2. The van der Waals surface area contributed by atoms with Crippen LogP contribution in [0.5, 0.6) is 0 Å². The second-order valence-electron chi connectivity index (χ2n) is 5.23. The third-order valence-corrected chi connectivity index (χ3v) is 3.71. The van der Waals surface area contributed by atoms with Gasteiger partial charge in [0, 0.05) is 0 Å². The van der Waals surface area contributed by atoms with Gasteiger partial charge < -0.3 is 5.32 Å². The number of amides is 2. The number of nitrogens with zero attached hydrogens (tertiary/aromatic N) is 1. The van der Waals surface area contributed by atoms with E-state index in [1.54, 1.807) is 30.3 Å². The molecule has 1 N–H and O–H groups in total. The van der Waals surface area contributed by atoms with Crippen molar-refractivity contribution in [2.75, 3.05) is 10.2 Å². The highest BCUT2D eigenvalue weighted by Crippen LogP contribution is 2.27. The van der Waals surface area contributed by atoms with E-state index in [1.807, 2.05) is 19.1 Å². The van der Waals surface area contributed by atoms with Gasteiger partial charge in [-0.2, -0.15) is 0 Å². The molecule has 0 aliphatic carbocycles. The number of hydrogen-bond donors (Lipinski definition) is 1. The maximum atomic E-state index is 13.7. The molecule has 0 spiro atoms. The van der Waals surface area contributed by atoms with Gasteiger partial charge in [0.25, 0.3) is 5.91 Å². The Hall–Kier alpha value is -2.69. The fraction of sp³-hybridized carbons (Fsp3) is 0.176. The summed E-state index contributed by atoms with van der Waals surface area (Å²) in [5.41, 5.74) is 1.64. The van der Waals surface area contributed by atoms with Crippen LogP contribution in [0.2, 0.25) is 0 Å². The van der Waals surface area contributed by atoms with E-state index in [2.05, 4.69) is 5.32 Å². The number of carbonyl (C=O) groups is 2. The van der Waals surface area contributed by atoms with Crippen LogP contribution < -0.4 is 10.2 Å². The monoisotopic (exact) mass is 298 g/mol. The van der Waals surface area contributed by atoms with Crippen LogP contribution in [0, 0.1) is 12.7 Å². The van der Waals surface area contributed by atoms with Crippen molar-refractivity contribution >= 4 is 23.2 Å². The summed E-state index contributed by atoms with van der Waals surface area (Å²) in [7, 11) is 0. The standard InChI is InChI=1S/C17H15FN2O2/c1-11-6-2-5-9-15(11)20-16(21)10-14(17(20)22)19-13-8-4-3-7-12(13)18/h2-9,14,19H,10H2,1H3. The van der Waals surface area contributed by atoms with Crippen LogP contribution in [-0.2, 0) is 9.59 Å². The molecule has 1 heterocycles. The van der Waals surface area contributed by atoms with Crippen LogP contribution in [0.1, 0.15) is 12.0 Å². The predicted molar refractivity (Wildman–Crippen MR) is 82.1 cm³/mol. The van der Waals surface area contributed by atoms with Crippen LogP contribution in [-0.4, -0.2) is 17.9 Å². The van der Waals surface area contributed by atoms with E-state index in [-0.39, 0.29) is 23.9 Å². The predicted octanol–water partition coefficient (Wildman–Crippen LogP) is 2.88. The molecule has 3 rings (SSSR count). The number of anilines is 2. The Morgan fingerprint density at radius 1 is 1.09 bits per heavy atom. The lowest BCUT2D eigenvalue weighted by molar-refractivity contribution is -0.121. The highest BCUT2D eigenvalue weighted by molar-refractivity contribution is 6.23. The quantitative estimate of drug-likeness (QED) is 0.886. The summed E-state index contributed by atoms with van der Waals surface area (Å²) < 4.78 is 13.7. The van der Waals surface area contributed by atoms with Gasteiger partial charge in [0.05, 0.1) is 17.8 Å². The van der Waals surface area contributed by atoms with Crippen molar-refractivity contribution in [3.63, 3.8) is 0 Å². The molecule has 1 aliphatic rings. The van der Waals surface area contributed by atoms with Gasteiger partial charge in [-0.15, -0.1) is 0 Å². The first-order valence-electron chi connectivity index (χ1n) is 7.01. The van der Waals surface area contributed by atoms with Crippen molar-refractivity contribution in [2.45, 2.75) is 19.4 Å². The molecule has 1 atom stereocenters. The van der Waals surface area contributed by atoms with Gasteiger partial charge in [-0.1, -0.05) is 30.3 Å². The zero-order valence-electron chi connectivity index (χ0n) is 12.0. The molecular formula is C17H15FN2O2. The SMILES string of the molecule is Cc1ccccc1N1C(=O)CC(Nc2ccccc2F)C1=O. The minimum Gasteiger partial charge on any atom is -0.371 e. The van der Waals surface area contributed by atoms with Crippen LogP contribution in [0.3, 0.4) is 0 Å². The van der Waals surface area contributed by atoms with Gasteiger partial charge in [0.1, 0.15) is 11.9 Å². The first kappa shape index (κ1) is 14.3. The lowest BCUT2D eigenvalue weighted by Gasteiger charge is -2.18. The van der Waals surface area contributed by atoms with Gasteiger partial charge in [-0.25, -0.2) is 9.29 Å². The minimum absolute atomic E-state index is 0.0154. The van der Waals surface area contributed by atoms with E-state index in [1.165, 1.54) is 11.0 Å². The van der Waals surface area contributed by atoms with E-state index in [0.29, 0.717) is 5.69 Å². The molecule has 1 unspecified atom stereocenters. The highest BCUT2D eigenvalue weighted by atomic mass is 19.1. The molecule has 22 heavy (non-hydrogen) atoms. The smallest absolute Gasteiger partial charge is 0.256 e. The van der Waals surface area contributed by atoms with Crippen molar-refractivity contribution in [3.05, 3.63) is 59.9 Å². The Balaban J connectivity index is 1.86. The number of rotatable bonds is 3. The van der Waals surface area contributed by atoms with Crippen molar-refractivity contribution in [3.8, 4) is 0 Å². The van der Waals surface area contributed by atoms with E-state index < -0.39 is 11.9 Å². The van der Waals surface area contributed by atoms with Gasteiger partial charge in [0.2, 0.25) is 5.91 Å². The molecule has 1 aliphatic heterocycles. The lowest BCUT2D eigenvalue weighted by atomic mass is 10.2. The lowest BCUT2D eigenvalue weighted by Crippen LogP contribution is -2.35. The Kier molecular flexibility index (Phi) is 3.63. The molecule has 1 fully saturated rings. The molecule has 1 saturated heterocycles. The molecule has 0 bridgehead atoms. The van der Waals surface area contributed by atoms with E-state index in [4.69, 9.17) is 0 Å². The van der Waals surface area contributed by atoms with E-state index >= 15 is 0 Å². The van der Waals surface area contributed by atoms with Gasteiger partial charge in [-0.3, -0.25) is 9.59 Å². The third kappa shape index (κ3) is 2.45. The van der Waals surface area contributed by atoms with Gasteiger partial charge in [-0.05, 0) is 30.7 Å². The average Bonchev–Trinajstić information content (AvgIpc) is 2.77. The summed E-state index contributed by atoms with van der Waals surface area (Å²) in [6.45, 7) is 1.84. The summed E-state index contributed by atoms with van der Waals surface area (Å²) in [5, 5.41) is 2.82. The van der Waals surface area contributed by atoms with Crippen LogP contribution in [0.15, 0.2) is 48.5 Å². The summed E-state index contributed by atoms with van der Waals surface area (Å²) in [5.74, 6) is -1.09. The molecule has 5 heteroatoms. The molecule has 2 amide bonds. The van der Waals surface area contributed by atoms with E-state index in [9.17, 15) is 14.0 Å². The number of halogens is 1. The number of nitrogens with one attached hydrogen (secondary N) is 1. The van der Waals surface area contributed by atoms with Gasteiger partial charge >= 0.3 is 0 Å². The molecule has 0 aromatic heterocycles. The Morgan fingerprint density at radius 3 is 2.50 bits per heavy atom. The number of hydrogen-bond acceptors (Lipinski definition) is 3. The third-order valence-electron chi connectivity index (χ3n) is 3.71. The Bertz CT molecular complexity index is 745. The first-order chi connectivity index (χ1) is 10.6. The number of aryl methyl sites for hydroxylation is 1. The number of imide groups is 1. The zero-order valence-corrected chi connectivity index (χ0v) is 12.0. The maximum absolute atomic E-state index is 13.7. The minimum atomic E-state index is -0.746. The summed E-state index contributed by atoms with van der Waals surface area (Å²) in [6, 6.07) is 12.5. The topological polar surface area (TPSA) is 49.4 Å². The average molecular weight is 298 g/mol. The van der Waals surface area contributed by atoms with Crippen LogP contribution in [0.25, 0.3) is 0 Å². The molecule has 112 valence electrons. The Labute approximate surface area is 127 Å². The van der Waals surface area contributed by atoms with Crippen molar-refractivity contribution in [1.29, 1.82) is 0 Å². The van der Waals surface area contributed by atoms with Gasteiger partial charge in [0.15, 0.2) is 0 Å². The highest BCUT2D eigenvalue weighted by Gasteiger charge is 2.40. The second kappa shape index (κ2) is 5.60. The van der Waals surface area contributed by atoms with Crippen molar-refractivity contribution < 1.29 is 14.0 Å². The molecule has 0 saturated carbocycles. The normalized spacial score (nSPS) is 17.9. The van der Waals surface area contributed by atoms with Crippen LogP contribution >= 0.6 is 0 Å². The number of benzene rings is 2. The second-order valence-corrected chi connectivity index (χ2v) is 5.23. The Morgan fingerprint density at radius 2 is 1.77 bits per heavy atom. The molecule has 2 aromatic rings. The first-order valence-corrected chi connectivity index (χ1v) is 7.01. The molecule has 0 radical (unpaired) electrons. The van der Waals surface area contributed by atoms with Crippen molar-refractivity contribution in [1.82, 2.24) is 0 Å². The van der Waals surface area contributed by atoms with Crippen LogP contribution in [0.4, 0.5) is 15.8 Å². The zero-order chi connectivity index (χ0) is 15.7. The van der Waals surface area contributed by atoms with E-state index in [0.717, 1.165) is 5.56 Å². The summed E-state index contributed by atoms with van der Waals surface area (Å²) >= 11 is 0. The maximum Gasteiger partial charge on any atom is 0.256 e. The molecular weight excluding hydrogens is 283 g/mol. The fourth-order valence-electron chi connectivity index (χ4n) is 2.58.